The van der Waals surface area contributed by atoms with Gasteiger partial charge in [-0.3, -0.25) is 4.79 Å². The highest BCUT2D eigenvalue weighted by Gasteiger charge is 2.36. The van der Waals surface area contributed by atoms with Gasteiger partial charge in [-0.15, -0.1) is 24.8 Å². The number of halogens is 2. The molecule has 2 aliphatic rings. The highest BCUT2D eigenvalue weighted by atomic mass is 35.5. The van der Waals surface area contributed by atoms with E-state index in [1.807, 2.05) is 0 Å². The van der Waals surface area contributed by atoms with Gasteiger partial charge in [-0.1, -0.05) is 12.8 Å². The molecule has 1 aliphatic carbocycles. The molecule has 0 aromatic carbocycles. The van der Waals surface area contributed by atoms with Crippen molar-refractivity contribution in [3.63, 3.8) is 0 Å². The number of hydrogen-bond acceptors (Lipinski definition) is 3. The molecule has 120 valence electrons. The van der Waals surface area contributed by atoms with E-state index in [0.717, 1.165) is 26.1 Å². The Morgan fingerprint density at radius 3 is 2.45 bits per heavy atom. The molecule has 0 bridgehead atoms. The van der Waals surface area contributed by atoms with E-state index < -0.39 is 0 Å². The lowest BCUT2D eigenvalue weighted by Crippen LogP contribution is -2.51. The minimum atomic E-state index is 0. The summed E-state index contributed by atoms with van der Waals surface area (Å²) in [4.78, 5) is 14.3. The van der Waals surface area contributed by atoms with Crippen LogP contribution in [0.5, 0.6) is 0 Å². The van der Waals surface area contributed by atoms with Gasteiger partial charge in [0.2, 0.25) is 5.91 Å². The molecular weight excluding hydrogens is 297 g/mol. The monoisotopic (exact) mass is 325 g/mol. The van der Waals surface area contributed by atoms with Crippen LogP contribution in [0.25, 0.3) is 0 Å². The SMILES string of the molecule is CN(C)C1(CNC(=O)CC2CCNC2)CCCC1.Cl.Cl. The smallest absolute Gasteiger partial charge is 0.220 e. The van der Waals surface area contributed by atoms with Crippen molar-refractivity contribution in [3.05, 3.63) is 0 Å². The van der Waals surface area contributed by atoms with Crippen LogP contribution in [0.4, 0.5) is 0 Å². The van der Waals surface area contributed by atoms with E-state index in [0.29, 0.717) is 12.3 Å². The zero-order valence-corrected chi connectivity index (χ0v) is 14.2. The Balaban J connectivity index is 0.00000180. The Morgan fingerprint density at radius 2 is 1.95 bits per heavy atom. The first-order chi connectivity index (χ1) is 8.62. The van der Waals surface area contributed by atoms with E-state index in [4.69, 9.17) is 0 Å². The predicted octanol–water partition coefficient (Wildman–Crippen LogP) is 1.82. The minimum absolute atomic E-state index is 0. The summed E-state index contributed by atoms with van der Waals surface area (Å²) in [6.07, 6.45) is 6.85. The summed E-state index contributed by atoms with van der Waals surface area (Å²) in [6, 6.07) is 0. The molecule has 0 aromatic heterocycles. The number of likely N-dealkylation sites (N-methyl/N-ethyl adjacent to an activating group) is 1. The topological polar surface area (TPSA) is 44.4 Å². The number of carbonyl (C=O) groups excluding carboxylic acids is 1. The Morgan fingerprint density at radius 1 is 1.30 bits per heavy atom. The second-order valence-electron chi connectivity index (χ2n) is 6.17. The van der Waals surface area contributed by atoms with E-state index in [1.165, 1.54) is 25.7 Å². The molecule has 2 N–H and O–H groups in total. The largest absolute Gasteiger partial charge is 0.354 e. The Labute approximate surface area is 135 Å². The quantitative estimate of drug-likeness (QED) is 0.810. The van der Waals surface area contributed by atoms with Crippen LogP contribution in [0, 0.1) is 5.92 Å². The van der Waals surface area contributed by atoms with Crippen LogP contribution in [0.15, 0.2) is 0 Å². The van der Waals surface area contributed by atoms with Gasteiger partial charge in [0.15, 0.2) is 0 Å². The number of rotatable bonds is 5. The number of hydrogen-bond donors (Lipinski definition) is 2. The van der Waals surface area contributed by atoms with Crippen LogP contribution in [0.2, 0.25) is 0 Å². The van der Waals surface area contributed by atoms with Crippen LogP contribution in [-0.2, 0) is 4.79 Å². The maximum atomic E-state index is 12.0. The van der Waals surface area contributed by atoms with Gasteiger partial charge in [-0.2, -0.15) is 0 Å². The van der Waals surface area contributed by atoms with Crippen LogP contribution in [-0.4, -0.2) is 50.1 Å². The molecular formula is C14H29Cl2N3O. The summed E-state index contributed by atoms with van der Waals surface area (Å²) >= 11 is 0. The molecule has 2 fully saturated rings. The first kappa shape index (κ1) is 20.0. The standard InChI is InChI=1S/C14H27N3O.2ClH/c1-17(2)14(6-3-4-7-14)11-16-13(18)9-12-5-8-15-10-12;;/h12,15H,3-11H2,1-2H3,(H,16,18);2*1H. The molecule has 1 unspecified atom stereocenters. The molecule has 1 heterocycles. The predicted molar refractivity (Wildman–Crippen MR) is 88.0 cm³/mol. The van der Waals surface area contributed by atoms with Crippen LogP contribution < -0.4 is 10.6 Å². The van der Waals surface area contributed by atoms with Crippen molar-refractivity contribution < 1.29 is 4.79 Å². The van der Waals surface area contributed by atoms with Gasteiger partial charge >= 0.3 is 0 Å². The fourth-order valence-electron chi connectivity index (χ4n) is 3.30. The lowest BCUT2D eigenvalue weighted by Gasteiger charge is -2.36. The van der Waals surface area contributed by atoms with Crippen molar-refractivity contribution in [1.82, 2.24) is 15.5 Å². The molecule has 4 nitrogen and oxygen atoms in total. The Hall–Kier alpha value is -0.0300. The Kier molecular flexibility index (Phi) is 9.07. The number of nitrogens with zero attached hydrogens (tertiary/aromatic N) is 1. The van der Waals surface area contributed by atoms with E-state index in [1.54, 1.807) is 0 Å². The fourth-order valence-corrected chi connectivity index (χ4v) is 3.30. The third-order valence-corrected chi connectivity index (χ3v) is 4.73. The van der Waals surface area contributed by atoms with Gasteiger partial charge in [0, 0.05) is 18.5 Å². The number of carbonyl (C=O) groups is 1. The number of amides is 1. The van der Waals surface area contributed by atoms with E-state index in [9.17, 15) is 4.79 Å². The summed E-state index contributed by atoms with van der Waals surface area (Å²) in [7, 11) is 4.27. The zero-order chi connectivity index (χ0) is 13.0. The van der Waals surface area contributed by atoms with Crippen molar-refractivity contribution >= 4 is 30.7 Å². The first-order valence-electron chi connectivity index (χ1n) is 7.27. The van der Waals surface area contributed by atoms with Crippen molar-refractivity contribution in [2.24, 2.45) is 5.92 Å². The first-order valence-corrected chi connectivity index (χ1v) is 7.27. The summed E-state index contributed by atoms with van der Waals surface area (Å²) in [5, 5.41) is 6.48. The molecule has 20 heavy (non-hydrogen) atoms. The molecule has 0 spiro atoms. The lowest BCUT2D eigenvalue weighted by molar-refractivity contribution is -0.122. The van der Waals surface area contributed by atoms with Crippen molar-refractivity contribution in [1.29, 1.82) is 0 Å². The summed E-state index contributed by atoms with van der Waals surface area (Å²) in [6.45, 7) is 2.89. The second kappa shape index (κ2) is 9.08. The molecule has 1 aliphatic heterocycles. The van der Waals surface area contributed by atoms with Crippen molar-refractivity contribution in [2.45, 2.75) is 44.1 Å². The zero-order valence-electron chi connectivity index (χ0n) is 12.6. The van der Waals surface area contributed by atoms with Gasteiger partial charge < -0.3 is 15.5 Å². The van der Waals surface area contributed by atoms with E-state index in [2.05, 4.69) is 29.6 Å². The highest BCUT2D eigenvalue weighted by molar-refractivity contribution is 5.85. The molecule has 1 amide bonds. The molecule has 0 aromatic rings. The lowest BCUT2D eigenvalue weighted by atomic mass is 9.95. The van der Waals surface area contributed by atoms with Gasteiger partial charge in [0.25, 0.3) is 0 Å². The second-order valence-corrected chi connectivity index (χ2v) is 6.17. The normalized spacial score (nSPS) is 24.1. The third-order valence-electron chi connectivity index (χ3n) is 4.73. The summed E-state index contributed by atoms with van der Waals surface area (Å²) in [5.74, 6) is 0.778. The Bertz CT molecular complexity index is 288. The van der Waals surface area contributed by atoms with Crippen LogP contribution in [0.1, 0.15) is 38.5 Å². The average Bonchev–Trinajstić information content (AvgIpc) is 2.97. The van der Waals surface area contributed by atoms with Crippen LogP contribution >= 0.6 is 24.8 Å². The van der Waals surface area contributed by atoms with Crippen molar-refractivity contribution in [2.75, 3.05) is 33.7 Å². The fraction of sp³-hybridized carbons (Fsp3) is 0.929. The number of nitrogens with one attached hydrogen (secondary N) is 2. The van der Waals surface area contributed by atoms with E-state index in [-0.39, 0.29) is 36.3 Å². The van der Waals surface area contributed by atoms with E-state index >= 15 is 0 Å². The third kappa shape index (κ3) is 5.06. The van der Waals surface area contributed by atoms with Crippen LogP contribution in [0.3, 0.4) is 0 Å². The van der Waals surface area contributed by atoms with Gasteiger partial charge in [0.1, 0.15) is 0 Å². The molecule has 1 saturated carbocycles. The maximum Gasteiger partial charge on any atom is 0.220 e. The molecule has 1 atom stereocenters. The molecule has 1 saturated heterocycles. The summed E-state index contributed by atoms with van der Waals surface area (Å²) in [5.41, 5.74) is 0.212. The van der Waals surface area contributed by atoms with Gasteiger partial charge in [-0.05, 0) is 52.4 Å². The maximum absolute atomic E-state index is 12.0. The minimum Gasteiger partial charge on any atom is -0.354 e. The molecule has 0 radical (unpaired) electrons. The highest BCUT2D eigenvalue weighted by Crippen LogP contribution is 2.33. The van der Waals surface area contributed by atoms with Gasteiger partial charge in [0.05, 0.1) is 0 Å². The molecule has 6 heteroatoms. The van der Waals surface area contributed by atoms with Crippen molar-refractivity contribution in [3.8, 4) is 0 Å². The van der Waals surface area contributed by atoms with Gasteiger partial charge in [-0.25, -0.2) is 0 Å². The average molecular weight is 326 g/mol. The molecule has 2 rings (SSSR count). The summed E-state index contributed by atoms with van der Waals surface area (Å²) < 4.78 is 0.